The van der Waals surface area contributed by atoms with Crippen molar-refractivity contribution in [2.24, 2.45) is 0 Å². The summed E-state index contributed by atoms with van der Waals surface area (Å²) >= 11 is 3.49. The van der Waals surface area contributed by atoms with Crippen LogP contribution >= 0.6 is 15.9 Å². The predicted molar refractivity (Wildman–Crippen MR) is 84.1 cm³/mol. The molecule has 0 unspecified atom stereocenters. The van der Waals surface area contributed by atoms with Gasteiger partial charge in [0.05, 0.1) is 6.54 Å². The summed E-state index contributed by atoms with van der Waals surface area (Å²) in [5, 5.41) is 3.40. The molecule has 20 heavy (non-hydrogen) atoms. The van der Waals surface area contributed by atoms with Crippen LogP contribution in [0.15, 0.2) is 22.7 Å². The molecule has 2 aliphatic rings. The number of hydrogen-bond donors (Lipinski definition) is 1. The normalized spacial score (nSPS) is 22.9. The minimum absolute atomic E-state index is 0.222. The van der Waals surface area contributed by atoms with Gasteiger partial charge < -0.3 is 10.2 Å². The molecule has 108 valence electrons. The third-order valence-corrected chi connectivity index (χ3v) is 4.54. The summed E-state index contributed by atoms with van der Waals surface area (Å²) in [5.74, 6) is 0.222. The Morgan fingerprint density at radius 2 is 2.30 bits per heavy atom. The van der Waals surface area contributed by atoms with Crippen molar-refractivity contribution in [2.45, 2.75) is 19.4 Å². The summed E-state index contributed by atoms with van der Waals surface area (Å²) in [4.78, 5) is 16.7. The number of piperazine rings is 1. The van der Waals surface area contributed by atoms with Crippen molar-refractivity contribution < 1.29 is 4.79 Å². The van der Waals surface area contributed by atoms with Crippen LogP contribution in [0.5, 0.6) is 0 Å². The molecule has 0 spiro atoms. The zero-order chi connectivity index (χ0) is 14.1. The van der Waals surface area contributed by atoms with Crippen LogP contribution in [0.4, 0.5) is 5.69 Å². The highest BCUT2D eigenvalue weighted by atomic mass is 79.9. The number of anilines is 1. The number of carbonyl (C=O) groups is 1. The van der Waals surface area contributed by atoms with E-state index in [2.05, 4.69) is 39.1 Å². The van der Waals surface area contributed by atoms with Crippen molar-refractivity contribution in [1.82, 2.24) is 10.2 Å². The zero-order valence-corrected chi connectivity index (χ0v) is 13.3. The molecule has 0 saturated carbocycles. The summed E-state index contributed by atoms with van der Waals surface area (Å²) in [5.41, 5.74) is 2.35. The molecule has 1 amide bonds. The molecule has 4 nitrogen and oxygen atoms in total. The first kappa shape index (κ1) is 14.0. The Morgan fingerprint density at radius 3 is 3.10 bits per heavy atom. The van der Waals surface area contributed by atoms with Gasteiger partial charge in [-0.2, -0.15) is 0 Å². The van der Waals surface area contributed by atoms with Gasteiger partial charge in [-0.05, 0) is 37.1 Å². The quantitative estimate of drug-likeness (QED) is 0.890. The molecular formula is C15H20BrN3O. The molecular weight excluding hydrogens is 318 g/mol. The first-order valence-electron chi connectivity index (χ1n) is 7.18. The van der Waals surface area contributed by atoms with E-state index in [1.807, 2.05) is 17.0 Å². The van der Waals surface area contributed by atoms with Crippen LogP contribution in [-0.2, 0) is 11.2 Å². The smallest absolute Gasteiger partial charge is 0.241 e. The SMILES string of the molecule is C[C@@H]1CN(CC(=O)N2CCc3cc(Br)ccc32)CCN1. The van der Waals surface area contributed by atoms with E-state index in [0.717, 1.165) is 42.8 Å². The molecule has 1 atom stereocenters. The van der Waals surface area contributed by atoms with E-state index in [1.54, 1.807) is 0 Å². The lowest BCUT2D eigenvalue weighted by Crippen LogP contribution is -2.52. The van der Waals surface area contributed by atoms with Crippen molar-refractivity contribution in [1.29, 1.82) is 0 Å². The molecule has 2 aliphatic heterocycles. The monoisotopic (exact) mass is 337 g/mol. The van der Waals surface area contributed by atoms with Gasteiger partial charge in [0.15, 0.2) is 0 Å². The molecule has 1 aromatic rings. The second kappa shape index (κ2) is 5.84. The number of rotatable bonds is 2. The molecule has 0 aromatic heterocycles. The Hall–Kier alpha value is -0.910. The fourth-order valence-electron chi connectivity index (χ4n) is 3.06. The first-order chi connectivity index (χ1) is 9.63. The minimum Gasteiger partial charge on any atom is -0.312 e. The second-order valence-electron chi connectivity index (χ2n) is 5.66. The number of nitrogens with zero attached hydrogens (tertiary/aromatic N) is 2. The Labute approximate surface area is 128 Å². The van der Waals surface area contributed by atoms with Gasteiger partial charge >= 0.3 is 0 Å². The minimum atomic E-state index is 0.222. The van der Waals surface area contributed by atoms with Crippen LogP contribution in [0.3, 0.4) is 0 Å². The van der Waals surface area contributed by atoms with E-state index in [1.165, 1.54) is 5.56 Å². The first-order valence-corrected chi connectivity index (χ1v) is 7.97. The van der Waals surface area contributed by atoms with Crippen LogP contribution in [0.25, 0.3) is 0 Å². The highest BCUT2D eigenvalue weighted by Crippen LogP contribution is 2.30. The maximum absolute atomic E-state index is 12.5. The van der Waals surface area contributed by atoms with Gasteiger partial charge in [-0.1, -0.05) is 15.9 Å². The average molecular weight is 338 g/mol. The van der Waals surface area contributed by atoms with E-state index in [4.69, 9.17) is 0 Å². The number of fused-ring (bicyclic) bond motifs is 1. The van der Waals surface area contributed by atoms with E-state index >= 15 is 0 Å². The van der Waals surface area contributed by atoms with Crippen molar-refractivity contribution >= 4 is 27.5 Å². The summed E-state index contributed by atoms with van der Waals surface area (Å²) in [6, 6.07) is 6.65. The largest absolute Gasteiger partial charge is 0.312 e. The molecule has 1 aromatic carbocycles. The van der Waals surface area contributed by atoms with Gasteiger partial charge in [0.2, 0.25) is 5.91 Å². The van der Waals surface area contributed by atoms with Crippen molar-refractivity contribution in [3.8, 4) is 0 Å². The van der Waals surface area contributed by atoms with E-state index < -0.39 is 0 Å². The predicted octanol–water partition coefficient (Wildman–Crippen LogP) is 1.63. The number of carbonyl (C=O) groups excluding carboxylic acids is 1. The van der Waals surface area contributed by atoms with Gasteiger partial charge in [-0.3, -0.25) is 9.69 Å². The Kier molecular flexibility index (Phi) is 4.10. The molecule has 1 fully saturated rings. The fraction of sp³-hybridized carbons (Fsp3) is 0.533. The third-order valence-electron chi connectivity index (χ3n) is 4.05. The number of nitrogens with one attached hydrogen (secondary N) is 1. The fourth-order valence-corrected chi connectivity index (χ4v) is 3.47. The number of halogens is 1. The highest BCUT2D eigenvalue weighted by Gasteiger charge is 2.27. The summed E-state index contributed by atoms with van der Waals surface area (Å²) in [6.45, 7) is 6.38. The molecule has 1 saturated heterocycles. The highest BCUT2D eigenvalue weighted by molar-refractivity contribution is 9.10. The van der Waals surface area contributed by atoms with Crippen LogP contribution in [0.2, 0.25) is 0 Å². The molecule has 5 heteroatoms. The number of benzene rings is 1. The summed E-state index contributed by atoms with van der Waals surface area (Å²) in [6.07, 6.45) is 0.957. The van der Waals surface area contributed by atoms with Gasteiger partial charge in [0.1, 0.15) is 0 Å². The Bertz CT molecular complexity index is 520. The maximum atomic E-state index is 12.5. The third kappa shape index (κ3) is 2.90. The van der Waals surface area contributed by atoms with E-state index in [-0.39, 0.29) is 5.91 Å². The van der Waals surface area contributed by atoms with Crippen LogP contribution in [0, 0.1) is 0 Å². The number of hydrogen-bond acceptors (Lipinski definition) is 3. The lowest BCUT2D eigenvalue weighted by molar-refractivity contribution is -0.119. The molecule has 0 radical (unpaired) electrons. The maximum Gasteiger partial charge on any atom is 0.241 e. The summed E-state index contributed by atoms with van der Waals surface area (Å²) in [7, 11) is 0. The van der Waals surface area contributed by atoms with Gasteiger partial charge in [-0.15, -0.1) is 0 Å². The molecule has 3 rings (SSSR count). The van der Waals surface area contributed by atoms with Crippen LogP contribution in [0.1, 0.15) is 12.5 Å². The van der Waals surface area contributed by atoms with Gasteiger partial charge in [0, 0.05) is 42.4 Å². The topological polar surface area (TPSA) is 35.6 Å². The Balaban J connectivity index is 1.67. The van der Waals surface area contributed by atoms with Crippen molar-refractivity contribution in [2.75, 3.05) is 37.6 Å². The molecule has 2 heterocycles. The molecule has 0 aliphatic carbocycles. The van der Waals surface area contributed by atoms with Crippen molar-refractivity contribution in [3.63, 3.8) is 0 Å². The van der Waals surface area contributed by atoms with Gasteiger partial charge in [0.25, 0.3) is 0 Å². The lowest BCUT2D eigenvalue weighted by Gasteiger charge is -2.32. The summed E-state index contributed by atoms with van der Waals surface area (Å²) < 4.78 is 1.08. The second-order valence-corrected chi connectivity index (χ2v) is 6.57. The number of amides is 1. The lowest BCUT2D eigenvalue weighted by atomic mass is 10.2. The zero-order valence-electron chi connectivity index (χ0n) is 11.7. The Morgan fingerprint density at radius 1 is 1.45 bits per heavy atom. The van der Waals surface area contributed by atoms with Crippen LogP contribution in [-0.4, -0.2) is 49.6 Å². The van der Waals surface area contributed by atoms with Gasteiger partial charge in [-0.25, -0.2) is 0 Å². The average Bonchev–Trinajstić information content (AvgIpc) is 2.81. The standard InChI is InChI=1S/C15H20BrN3O/c1-11-9-18(7-5-17-11)10-15(20)19-6-4-12-8-13(16)2-3-14(12)19/h2-3,8,11,17H,4-7,9-10H2,1H3/t11-/m1/s1. The molecule has 1 N–H and O–H groups in total. The van der Waals surface area contributed by atoms with Crippen LogP contribution < -0.4 is 10.2 Å². The van der Waals surface area contributed by atoms with E-state index in [9.17, 15) is 4.79 Å². The van der Waals surface area contributed by atoms with Crippen molar-refractivity contribution in [3.05, 3.63) is 28.2 Å². The van der Waals surface area contributed by atoms with E-state index in [0.29, 0.717) is 12.6 Å². The molecule has 0 bridgehead atoms.